The van der Waals surface area contributed by atoms with E-state index < -0.39 is 9.84 Å². The van der Waals surface area contributed by atoms with Gasteiger partial charge in [0.15, 0.2) is 9.84 Å². The van der Waals surface area contributed by atoms with Crippen molar-refractivity contribution in [1.29, 1.82) is 0 Å². The van der Waals surface area contributed by atoms with E-state index in [9.17, 15) is 8.42 Å². The minimum atomic E-state index is -3.49. The van der Waals surface area contributed by atoms with Crippen molar-refractivity contribution in [2.24, 2.45) is 0 Å². The third kappa shape index (κ3) is 4.35. The van der Waals surface area contributed by atoms with Crippen LogP contribution in [0.1, 0.15) is 11.5 Å². The van der Waals surface area contributed by atoms with Gasteiger partial charge in [0.25, 0.3) is 0 Å². The first-order valence-corrected chi connectivity index (χ1v) is 10.6. The maximum atomic E-state index is 12.6. The molecule has 29 heavy (non-hydrogen) atoms. The van der Waals surface area contributed by atoms with E-state index in [1.165, 1.54) is 0 Å². The third-order valence-corrected chi connectivity index (χ3v) is 5.71. The first-order chi connectivity index (χ1) is 14.0. The Balaban J connectivity index is 1.47. The topological polar surface area (TPSA) is 100 Å². The van der Waals surface area contributed by atoms with Crippen LogP contribution in [-0.4, -0.2) is 35.4 Å². The molecule has 0 saturated carbocycles. The maximum Gasteiger partial charge on any atom is 0.242 e. The molecule has 0 N–H and O–H groups in total. The Kier molecular flexibility index (Phi) is 5.13. The maximum absolute atomic E-state index is 12.6. The minimum Gasteiger partial charge on any atom is -0.496 e. The van der Waals surface area contributed by atoms with Gasteiger partial charge in [-0.05, 0) is 35.9 Å². The number of benzene rings is 2. The zero-order chi connectivity index (χ0) is 20.3. The highest BCUT2D eigenvalue weighted by molar-refractivity contribution is 7.89. The second kappa shape index (κ2) is 7.88. The van der Waals surface area contributed by atoms with Gasteiger partial charge in [0.2, 0.25) is 11.7 Å². The number of rotatable bonds is 7. The third-order valence-electron chi connectivity index (χ3n) is 4.25. The smallest absolute Gasteiger partial charge is 0.242 e. The number of ether oxygens (including phenoxy) is 1. The van der Waals surface area contributed by atoms with Crippen molar-refractivity contribution in [1.82, 2.24) is 19.9 Å². The zero-order valence-corrected chi connectivity index (χ0v) is 16.4. The summed E-state index contributed by atoms with van der Waals surface area (Å²) in [6, 6.07) is 16.2. The quantitative estimate of drug-likeness (QED) is 0.462. The molecule has 4 aromatic rings. The first kappa shape index (κ1) is 18.9. The molecule has 0 amide bonds. The van der Waals surface area contributed by atoms with E-state index in [4.69, 9.17) is 9.26 Å². The van der Waals surface area contributed by atoms with Crippen molar-refractivity contribution in [3.63, 3.8) is 0 Å². The molecule has 0 aliphatic rings. The monoisotopic (exact) mass is 410 g/mol. The van der Waals surface area contributed by atoms with Crippen LogP contribution in [-0.2, 0) is 21.3 Å². The summed E-state index contributed by atoms with van der Waals surface area (Å²) in [6.07, 6.45) is 3.50. The van der Waals surface area contributed by atoms with Crippen LogP contribution in [0.5, 0.6) is 5.75 Å². The van der Waals surface area contributed by atoms with E-state index in [-0.39, 0.29) is 23.2 Å². The van der Waals surface area contributed by atoms with Crippen molar-refractivity contribution in [3.8, 4) is 22.8 Å². The van der Waals surface area contributed by atoms with Gasteiger partial charge in [0.05, 0.1) is 24.1 Å². The number of aromatic nitrogens is 4. The SMILES string of the molecule is COc1ccccc1-c1noc(CS(=O)(=O)Cc2ccc(-n3cccn3)cc2)n1. The van der Waals surface area contributed by atoms with E-state index >= 15 is 0 Å². The molecule has 0 fully saturated rings. The lowest BCUT2D eigenvalue weighted by atomic mass is 10.2. The molecule has 2 aromatic heterocycles. The van der Waals surface area contributed by atoms with Crippen molar-refractivity contribution in [2.45, 2.75) is 11.5 Å². The Morgan fingerprint density at radius 3 is 2.55 bits per heavy atom. The summed E-state index contributed by atoms with van der Waals surface area (Å²) < 4.78 is 37.3. The molecule has 2 heterocycles. The molecular formula is C20H18N4O4S. The molecule has 0 saturated heterocycles. The van der Waals surface area contributed by atoms with Crippen LogP contribution in [0, 0.1) is 0 Å². The second-order valence-electron chi connectivity index (χ2n) is 6.36. The van der Waals surface area contributed by atoms with Crippen LogP contribution in [0.15, 0.2) is 71.5 Å². The molecule has 0 spiro atoms. The Labute approximate surface area is 167 Å². The lowest BCUT2D eigenvalue weighted by Gasteiger charge is -2.05. The summed E-state index contributed by atoms with van der Waals surface area (Å²) in [4.78, 5) is 4.22. The van der Waals surface area contributed by atoms with Gasteiger partial charge in [-0.2, -0.15) is 10.1 Å². The Bertz CT molecular complexity index is 1200. The Morgan fingerprint density at radius 1 is 1.03 bits per heavy atom. The fraction of sp³-hybridized carbons (Fsp3) is 0.150. The molecular weight excluding hydrogens is 392 g/mol. The zero-order valence-electron chi connectivity index (χ0n) is 15.6. The first-order valence-electron chi connectivity index (χ1n) is 8.79. The standard InChI is InChI=1S/C20H18N4O4S/c1-27-18-6-3-2-5-17(18)20-22-19(28-23-20)14-29(25,26)13-15-7-9-16(10-8-15)24-12-4-11-21-24/h2-12H,13-14H2,1H3. The summed E-state index contributed by atoms with van der Waals surface area (Å²) >= 11 is 0. The summed E-state index contributed by atoms with van der Waals surface area (Å²) in [7, 11) is -1.95. The van der Waals surface area contributed by atoms with Gasteiger partial charge in [0, 0.05) is 12.4 Å². The Morgan fingerprint density at radius 2 is 1.83 bits per heavy atom. The van der Waals surface area contributed by atoms with E-state index in [0.717, 1.165) is 5.69 Å². The molecule has 0 bridgehead atoms. The van der Waals surface area contributed by atoms with Gasteiger partial charge in [0.1, 0.15) is 11.5 Å². The van der Waals surface area contributed by atoms with E-state index in [0.29, 0.717) is 16.9 Å². The van der Waals surface area contributed by atoms with Gasteiger partial charge in [-0.25, -0.2) is 13.1 Å². The molecule has 0 aliphatic carbocycles. The van der Waals surface area contributed by atoms with Crippen molar-refractivity contribution >= 4 is 9.84 Å². The van der Waals surface area contributed by atoms with Gasteiger partial charge in [-0.15, -0.1) is 0 Å². The number of para-hydroxylation sites is 1. The van der Waals surface area contributed by atoms with Gasteiger partial charge >= 0.3 is 0 Å². The number of hydrogen-bond donors (Lipinski definition) is 0. The molecule has 0 unspecified atom stereocenters. The molecule has 0 radical (unpaired) electrons. The molecule has 9 heteroatoms. The van der Waals surface area contributed by atoms with Crippen LogP contribution in [0.25, 0.3) is 17.1 Å². The number of sulfone groups is 1. The van der Waals surface area contributed by atoms with Crippen LogP contribution in [0.4, 0.5) is 0 Å². The highest BCUT2D eigenvalue weighted by Gasteiger charge is 2.20. The molecule has 0 aliphatic heterocycles. The van der Waals surface area contributed by atoms with Crippen LogP contribution in [0.3, 0.4) is 0 Å². The summed E-state index contributed by atoms with van der Waals surface area (Å²) in [6.45, 7) is 0. The van der Waals surface area contributed by atoms with Crippen LogP contribution < -0.4 is 4.74 Å². The van der Waals surface area contributed by atoms with Gasteiger partial charge in [-0.3, -0.25) is 0 Å². The van der Waals surface area contributed by atoms with Crippen molar-refractivity contribution in [2.75, 3.05) is 7.11 Å². The second-order valence-corrected chi connectivity index (χ2v) is 8.43. The predicted molar refractivity (Wildman–Crippen MR) is 106 cm³/mol. The molecule has 0 atom stereocenters. The predicted octanol–water partition coefficient (Wildman–Crippen LogP) is 3.05. The average Bonchev–Trinajstić information content (AvgIpc) is 3.40. The van der Waals surface area contributed by atoms with E-state index in [1.807, 2.05) is 36.5 Å². The lowest BCUT2D eigenvalue weighted by Crippen LogP contribution is -2.08. The minimum absolute atomic E-state index is 0.0408. The van der Waals surface area contributed by atoms with Crippen molar-refractivity contribution < 1.29 is 17.7 Å². The molecule has 148 valence electrons. The van der Waals surface area contributed by atoms with Crippen LogP contribution in [0.2, 0.25) is 0 Å². The largest absolute Gasteiger partial charge is 0.496 e. The molecule has 2 aromatic carbocycles. The fourth-order valence-electron chi connectivity index (χ4n) is 2.91. The number of hydrogen-bond acceptors (Lipinski definition) is 7. The number of methoxy groups -OCH3 is 1. The van der Waals surface area contributed by atoms with Gasteiger partial charge < -0.3 is 9.26 Å². The van der Waals surface area contributed by atoms with E-state index in [1.54, 1.807) is 42.3 Å². The summed E-state index contributed by atoms with van der Waals surface area (Å²) in [5.74, 6) is 0.449. The van der Waals surface area contributed by atoms with Crippen LogP contribution >= 0.6 is 0 Å². The highest BCUT2D eigenvalue weighted by atomic mass is 32.2. The average molecular weight is 410 g/mol. The van der Waals surface area contributed by atoms with Crippen molar-refractivity contribution in [3.05, 3.63) is 78.4 Å². The van der Waals surface area contributed by atoms with E-state index in [2.05, 4.69) is 15.2 Å². The highest BCUT2D eigenvalue weighted by Crippen LogP contribution is 2.27. The summed E-state index contributed by atoms with van der Waals surface area (Å²) in [5, 5.41) is 8.03. The van der Waals surface area contributed by atoms with Gasteiger partial charge in [-0.1, -0.05) is 29.4 Å². The summed E-state index contributed by atoms with van der Waals surface area (Å²) in [5.41, 5.74) is 2.16. The fourth-order valence-corrected chi connectivity index (χ4v) is 4.21. The molecule has 4 rings (SSSR count). The molecule has 8 nitrogen and oxygen atoms in total. The Hall–Kier alpha value is -3.46. The lowest BCUT2D eigenvalue weighted by molar-refractivity contribution is 0.388. The number of nitrogens with zero attached hydrogens (tertiary/aromatic N) is 4. The normalized spacial score (nSPS) is 11.5.